The van der Waals surface area contributed by atoms with Crippen molar-refractivity contribution in [3.63, 3.8) is 0 Å². The molecule has 0 spiro atoms. The van der Waals surface area contributed by atoms with Gasteiger partial charge < -0.3 is 11.1 Å². The summed E-state index contributed by atoms with van der Waals surface area (Å²) in [6.07, 6.45) is 1.95. The number of carbonyl (C=O) groups excluding carboxylic acids is 1. The minimum Gasteiger partial charge on any atom is -0.378 e. The van der Waals surface area contributed by atoms with Crippen molar-refractivity contribution in [2.75, 3.05) is 11.9 Å². The molecule has 0 bridgehead atoms. The van der Waals surface area contributed by atoms with Crippen molar-refractivity contribution in [3.05, 3.63) is 29.8 Å². The molecule has 1 unspecified atom stereocenters. The third-order valence-electron chi connectivity index (χ3n) is 2.77. The predicted molar refractivity (Wildman–Crippen MR) is 76.7 cm³/mol. The van der Waals surface area contributed by atoms with Crippen molar-refractivity contribution in [2.45, 2.75) is 39.7 Å². The minimum atomic E-state index is 0.137. The van der Waals surface area contributed by atoms with Crippen LogP contribution in [-0.2, 0) is 11.2 Å². The van der Waals surface area contributed by atoms with E-state index in [4.69, 9.17) is 5.73 Å². The van der Waals surface area contributed by atoms with Gasteiger partial charge >= 0.3 is 0 Å². The van der Waals surface area contributed by atoms with Gasteiger partial charge in [0, 0.05) is 11.7 Å². The van der Waals surface area contributed by atoms with Crippen molar-refractivity contribution in [1.82, 2.24) is 0 Å². The topological polar surface area (TPSA) is 55.1 Å². The summed E-state index contributed by atoms with van der Waals surface area (Å²) in [7, 11) is 0. The molecule has 18 heavy (non-hydrogen) atoms. The fourth-order valence-corrected chi connectivity index (χ4v) is 1.98. The molecule has 3 N–H and O–H groups in total. The van der Waals surface area contributed by atoms with E-state index in [2.05, 4.69) is 31.3 Å². The zero-order chi connectivity index (χ0) is 13.5. The molecule has 1 aromatic carbocycles. The van der Waals surface area contributed by atoms with Crippen molar-refractivity contribution in [1.29, 1.82) is 0 Å². The maximum absolute atomic E-state index is 10.9. The molecule has 0 saturated carbocycles. The first-order valence-electron chi connectivity index (χ1n) is 6.55. The highest BCUT2D eigenvalue weighted by Crippen LogP contribution is 2.13. The summed E-state index contributed by atoms with van der Waals surface area (Å²) in [5.41, 5.74) is 8.31. The molecule has 1 rings (SSSR count). The van der Waals surface area contributed by atoms with Crippen LogP contribution in [0, 0.1) is 5.92 Å². The van der Waals surface area contributed by atoms with Gasteiger partial charge in [0.25, 0.3) is 0 Å². The van der Waals surface area contributed by atoms with Gasteiger partial charge in [-0.25, -0.2) is 0 Å². The van der Waals surface area contributed by atoms with Crippen LogP contribution in [0.15, 0.2) is 24.3 Å². The molecule has 0 saturated heterocycles. The molecule has 0 aliphatic carbocycles. The Morgan fingerprint density at radius 2 is 1.89 bits per heavy atom. The van der Waals surface area contributed by atoms with E-state index >= 15 is 0 Å². The molecular formula is C15H24N2O. The van der Waals surface area contributed by atoms with Gasteiger partial charge in [-0.05, 0) is 43.4 Å². The van der Waals surface area contributed by atoms with Crippen molar-refractivity contribution in [2.24, 2.45) is 11.7 Å². The van der Waals surface area contributed by atoms with E-state index in [0.29, 0.717) is 12.5 Å². The van der Waals surface area contributed by atoms with Crippen molar-refractivity contribution < 1.29 is 4.79 Å². The van der Waals surface area contributed by atoms with Crippen molar-refractivity contribution in [3.8, 4) is 0 Å². The third-order valence-corrected chi connectivity index (χ3v) is 2.77. The highest BCUT2D eigenvalue weighted by Gasteiger charge is 2.06. The average molecular weight is 248 g/mol. The molecular weight excluding hydrogens is 224 g/mol. The number of anilines is 1. The molecule has 1 atom stereocenters. The largest absolute Gasteiger partial charge is 0.378 e. The molecule has 0 aliphatic heterocycles. The summed E-state index contributed by atoms with van der Waals surface area (Å²) >= 11 is 0. The maximum Gasteiger partial charge on any atom is 0.148 e. The van der Waals surface area contributed by atoms with E-state index in [9.17, 15) is 4.79 Å². The minimum absolute atomic E-state index is 0.137. The number of benzene rings is 1. The molecule has 3 nitrogen and oxygen atoms in total. The molecule has 0 amide bonds. The number of nitrogens with one attached hydrogen (secondary N) is 1. The fraction of sp³-hybridized carbons (Fsp3) is 0.533. The normalized spacial score (nSPS) is 12.5. The molecule has 0 aliphatic rings. The lowest BCUT2D eigenvalue weighted by atomic mass is 9.98. The number of hydrogen-bond acceptors (Lipinski definition) is 3. The Labute approximate surface area is 110 Å². The van der Waals surface area contributed by atoms with Crippen molar-refractivity contribution >= 4 is 11.5 Å². The second kappa shape index (κ2) is 7.17. The fourth-order valence-electron chi connectivity index (χ4n) is 1.98. The Hall–Kier alpha value is -1.35. The Bertz CT molecular complexity index is 371. The zero-order valence-electron chi connectivity index (χ0n) is 11.6. The van der Waals surface area contributed by atoms with Gasteiger partial charge in [-0.15, -0.1) is 0 Å². The Morgan fingerprint density at radius 3 is 2.39 bits per heavy atom. The Balaban J connectivity index is 2.47. The Morgan fingerprint density at radius 1 is 1.28 bits per heavy atom. The van der Waals surface area contributed by atoms with Crippen LogP contribution < -0.4 is 11.1 Å². The van der Waals surface area contributed by atoms with Crippen LogP contribution >= 0.6 is 0 Å². The van der Waals surface area contributed by atoms with Gasteiger partial charge in [0.1, 0.15) is 5.78 Å². The standard InChI is InChI=1S/C15H24N2O/c1-11(2)8-14(16)9-13-4-6-15(7-5-13)17-10-12(3)18/h4-7,11,14,17H,8-10,16H2,1-3H3. The molecule has 100 valence electrons. The van der Waals surface area contributed by atoms with Crippen LogP contribution in [0.1, 0.15) is 32.8 Å². The lowest BCUT2D eigenvalue weighted by molar-refractivity contribution is -0.115. The van der Waals surface area contributed by atoms with E-state index in [1.807, 2.05) is 12.1 Å². The van der Waals surface area contributed by atoms with Crippen LogP contribution in [-0.4, -0.2) is 18.4 Å². The van der Waals surface area contributed by atoms with Gasteiger partial charge in [0.15, 0.2) is 0 Å². The van der Waals surface area contributed by atoms with E-state index in [1.54, 1.807) is 6.92 Å². The number of rotatable bonds is 7. The second-order valence-corrected chi connectivity index (χ2v) is 5.35. The van der Waals surface area contributed by atoms with Crippen LogP contribution in [0.4, 0.5) is 5.69 Å². The van der Waals surface area contributed by atoms with Gasteiger partial charge in [0.2, 0.25) is 0 Å². The number of ketones is 1. The lowest BCUT2D eigenvalue weighted by Crippen LogP contribution is -2.24. The van der Waals surface area contributed by atoms with Gasteiger partial charge in [-0.3, -0.25) is 4.79 Å². The van der Waals surface area contributed by atoms with Crippen LogP contribution in [0.5, 0.6) is 0 Å². The summed E-state index contributed by atoms with van der Waals surface area (Å²) in [4.78, 5) is 10.9. The zero-order valence-corrected chi connectivity index (χ0v) is 11.6. The quantitative estimate of drug-likeness (QED) is 0.780. The number of nitrogens with two attached hydrogens (primary N) is 1. The second-order valence-electron chi connectivity index (χ2n) is 5.35. The van der Waals surface area contributed by atoms with E-state index in [0.717, 1.165) is 18.5 Å². The lowest BCUT2D eigenvalue weighted by Gasteiger charge is -2.14. The highest BCUT2D eigenvalue weighted by molar-refractivity contribution is 5.80. The van der Waals surface area contributed by atoms with E-state index < -0.39 is 0 Å². The van der Waals surface area contributed by atoms with Gasteiger partial charge in [-0.2, -0.15) is 0 Å². The summed E-state index contributed by atoms with van der Waals surface area (Å²) < 4.78 is 0. The van der Waals surface area contributed by atoms with Gasteiger partial charge in [0.05, 0.1) is 6.54 Å². The summed E-state index contributed by atoms with van der Waals surface area (Å²) in [5, 5.41) is 3.08. The third kappa shape index (κ3) is 5.82. The first-order valence-corrected chi connectivity index (χ1v) is 6.55. The SMILES string of the molecule is CC(=O)CNc1ccc(CC(N)CC(C)C)cc1. The first-order chi connectivity index (χ1) is 8.47. The van der Waals surface area contributed by atoms with Crippen LogP contribution in [0.3, 0.4) is 0 Å². The summed E-state index contributed by atoms with van der Waals surface area (Å²) in [6, 6.07) is 8.37. The predicted octanol–water partition coefficient (Wildman–Crippen LogP) is 2.60. The molecule has 3 heteroatoms. The Kier molecular flexibility index (Phi) is 5.86. The monoisotopic (exact) mass is 248 g/mol. The number of carbonyl (C=O) groups is 1. The number of hydrogen-bond donors (Lipinski definition) is 2. The molecule has 0 heterocycles. The first kappa shape index (κ1) is 14.7. The van der Waals surface area contributed by atoms with Crippen LogP contribution in [0.25, 0.3) is 0 Å². The molecule has 0 radical (unpaired) electrons. The van der Waals surface area contributed by atoms with E-state index in [-0.39, 0.29) is 11.8 Å². The molecule has 0 fully saturated rings. The van der Waals surface area contributed by atoms with Gasteiger partial charge in [-0.1, -0.05) is 26.0 Å². The smallest absolute Gasteiger partial charge is 0.148 e. The van der Waals surface area contributed by atoms with Crippen LogP contribution in [0.2, 0.25) is 0 Å². The number of Topliss-reactive ketones (excluding diaryl/α,β-unsaturated/α-hetero) is 1. The maximum atomic E-state index is 10.9. The average Bonchev–Trinajstić information content (AvgIpc) is 2.26. The molecule has 1 aromatic rings. The summed E-state index contributed by atoms with van der Waals surface area (Å²) in [5.74, 6) is 0.773. The molecule has 0 aromatic heterocycles. The van der Waals surface area contributed by atoms with E-state index in [1.165, 1.54) is 5.56 Å². The highest BCUT2D eigenvalue weighted by atomic mass is 16.1. The summed E-state index contributed by atoms with van der Waals surface area (Å²) in [6.45, 7) is 6.34.